The molecule has 1 saturated heterocycles. The van der Waals surface area contributed by atoms with Gasteiger partial charge in [0.25, 0.3) is 10.0 Å². The van der Waals surface area contributed by atoms with Crippen molar-refractivity contribution in [3.05, 3.63) is 35.9 Å². The smallest absolute Gasteiger partial charge is 0.342 e. The largest absolute Gasteiger partial charge is 0.418 e. The van der Waals surface area contributed by atoms with Crippen molar-refractivity contribution >= 4 is 20.9 Å². The number of benzene rings is 1. The summed E-state index contributed by atoms with van der Waals surface area (Å²) in [4.78, 5) is 2.66. The molecular formula is C16H12F7N5O2S. The Morgan fingerprint density at radius 3 is 2.29 bits per heavy atom. The Balaban J connectivity index is 1.95. The minimum absolute atomic E-state index is 0.0569. The summed E-state index contributed by atoms with van der Waals surface area (Å²) in [6, 6.07) is -1.48. The summed E-state index contributed by atoms with van der Waals surface area (Å²) >= 11 is 0. The quantitative estimate of drug-likeness (QED) is 0.592. The van der Waals surface area contributed by atoms with Gasteiger partial charge in [-0.05, 0) is 25.0 Å². The zero-order valence-electron chi connectivity index (χ0n) is 15.2. The van der Waals surface area contributed by atoms with Gasteiger partial charge in [0.2, 0.25) is 0 Å². The Labute approximate surface area is 169 Å². The fourth-order valence-electron chi connectivity index (χ4n) is 3.60. The highest BCUT2D eigenvalue weighted by atomic mass is 32.2. The second kappa shape index (κ2) is 6.91. The van der Waals surface area contributed by atoms with Gasteiger partial charge < -0.3 is 4.98 Å². The van der Waals surface area contributed by atoms with Crippen LogP contribution in [0.25, 0.3) is 16.6 Å². The lowest BCUT2D eigenvalue weighted by atomic mass is 10.1. The van der Waals surface area contributed by atoms with Gasteiger partial charge in [-0.1, -0.05) is 0 Å². The lowest BCUT2D eigenvalue weighted by Crippen LogP contribution is -2.44. The molecule has 4 rings (SSSR count). The maximum Gasteiger partial charge on any atom is 0.418 e. The van der Waals surface area contributed by atoms with Gasteiger partial charge in [0, 0.05) is 11.9 Å². The van der Waals surface area contributed by atoms with E-state index >= 15 is 0 Å². The van der Waals surface area contributed by atoms with Crippen LogP contribution in [0.5, 0.6) is 0 Å². The summed E-state index contributed by atoms with van der Waals surface area (Å²) < 4.78 is 121. The predicted octanol–water partition coefficient (Wildman–Crippen LogP) is 3.62. The first-order valence-electron chi connectivity index (χ1n) is 8.69. The molecule has 0 unspecified atom stereocenters. The molecule has 0 radical (unpaired) electrons. The number of aromatic nitrogens is 4. The van der Waals surface area contributed by atoms with E-state index in [0.717, 1.165) is 12.4 Å². The van der Waals surface area contributed by atoms with Crippen LogP contribution >= 0.6 is 0 Å². The zero-order chi connectivity index (χ0) is 22.8. The molecule has 168 valence electrons. The van der Waals surface area contributed by atoms with Crippen molar-refractivity contribution in [1.82, 2.24) is 24.3 Å². The van der Waals surface area contributed by atoms with Crippen LogP contribution in [0.3, 0.4) is 0 Å². The number of hydrogen-bond acceptors (Lipinski definition) is 4. The first kappa shape index (κ1) is 21.5. The Hall–Kier alpha value is -2.68. The fourth-order valence-corrected chi connectivity index (χ4v) is 5.28. The maximum atomic E-state index is 14.5. The number of H-pyrrole nitrogens is 1. The molecule has 1 aliphatic heterocycles. The van der Waals surface area contributed by atoms with Gasteiger partial charge in [0.05, 0.1) is 23.5 Å². The highest BCUT2D eigenvalue weighted by Crippen LogP contribution is 2.41. The van der Waals surface area contributed by atoms with Crippen LogP contribution in [-0.2, 0) is 16.2 Å². The lowest BCUT2D eigenvalue weighted by molar-refractivity contribution is -0.165. The standard InChI is InChI=1S/C16H12F7N5O2S/c17-10-7-9(15(18,19)20)14(28-24-3-4-25-28)8-6-12(26-13(8)10)31(29,30)27-5-1-2-11(27)16(21,22)23/h3-4,6-7,11,26H,1-2,5H2/t11-/m1/s1. The van der Waals surface area contributed by atoms with E-state index in [9.17, 15) is 39.2 Å². The highest BCUT2D eigenvalue weighted by Gasteiger charge is 2.51. The Bertz CT molecular complexity index is 1230. The molecule has 7 nitrogen and oxygen atoms in total. The molecule has 1 atom stereocenters. The molecule has 1 fully saturated rings. The average molecular weight is 471 g/mol. The van der Waals surface area contributed by atoms with Crippen molar-refractivity contribution in [3.8, 4) is 5.69 Å². The minimum atomic E-state index is -5.05. The van der Waals surface area contributed by atoms with E-state index in [1.165, 1.54) is 0 Å². The third-order valence-corrected chi connectivity index (χ3v) is 6.74. The van der Waals surface area contributed by atoms with Crippen LogP contribution in [-0.4, -0.2) is 51.5 Å². The highest BCUT2D eigenvalue weighted by molar-refractivity contribution is 7.89. The van der Waals surface area contributed by atoms with Crippen LogP contribution in [0.4, 0.5) is 30.7 Å². The number of alkyl halides is 6. The first-order valence-corrected chi connectivity index (χ1v) is 10.1. The van der Waals surface area contributed by atoms with Crippen LogP contribution in [0, 0.1) is 5.82 Å². The normalized spacial score (nSPS) is 18.9. The molecular weight excluding hydrogens is 459 g/mol. The van der Waals surface area contributed by atoms with Gasteiger partial charge in [-0.25, -0.2) is 12.8 Å². The van der Waals surface area contributed by atoms with Crippen LogP contribution < -0.4 is 0 Å². The topological polar surface area (TPSA) is 83.9 Å². The third kappa shape index (κ3) is 3.54. The van der Waals surface area contributed by atoms with Crippen molar-refractivity contribution in [2.24, 2.45) is 0 Å². The van der Waals surface area contributed by atoms with Gasteiger partial charge in [-0.3, -0.25) is 0 Å². The van der Waals surface area contributed by atoms with Gasteiger partial charge in [-0.2, -0.15) is 45.6 Å². The molecule has 3 aromatic rings. The second-order valence-electron chi connectivity index (χ2n) is 6.81. The van der Waals surface area contributed by atoms with E-state index < -0.39 is 74.4 Å². The van der Waals surface area contributed by atoms with Crippen molar-refractivity contribution in [2.45, 2.75) is 36.3 Å². The summed E-state index contributed by atoms with van der Waals surface area (Å²) in [5.41, 5.74) is -2.88. The Morgan fingerprint density at radius 1 is 1.06 bits per heavy atom. The molecule has 3 heterocycles. The predicted molar refractivity (Wildman–Crippen MR) is 91.1 cm³/mol. The number of aromatic amines is 1. The molecule has 0 bridgehead atoms. The second-order valence-corrected chi connectivity index (χ2v) is 8.67. The number of nitrogens with zero attached hydrogens (tertiary/aromatic N) is 4. The average Bonchev–Trinajstić information content (AvgIpc) is 3.39. The molecule has 2 aromatic heterocycles. The van der Waals surface area contributed by atoms with Crippen LogP contribution in [0.1, 0.15) is 18.4 Å². The van der Waals surface area contributed by atoms with E-state index in [-0.39, 0.29) is 16.8 Å². The van der Waals surface area contributed by atoms with Crippen LogP contribution in [0.15, 0.2) is 29.6 Å². The molecule has 0 saturated carbocycles. The third-order valence-electron chi connectivity index (χ3n) is 4.91. The molecule has 0 spiro atoms. The molecule has 0 aliphatic carbocycles. The van der Waals surface area contributed by atoms with Crippen molar-refractivity contribution in [3.63, 3.8) is 0 Å². The monoisotopic (exact) mass is 471 g/mol. The molecule has 1 N–H and O–H groups in total. The van der Waals surface area contributed by atoms with Gasteiger partial charge >= 0.3 is 12.4 Å². The van der Waals surface area contributed by atoms with Crippen molar-refractivity contribution in [2.75, 3.05) is 6.54 Å². The summed E-state index contributed by atoms with van der Waals surface area (Å²) in [5, 5.41) is 5.77. The Morgan fingerprint density at radius 2 is 1.71 bits per heavy atom. The number of halogens is 7. The van der Waals surface area contributed by atoms with E-state index in [4.69, 9.17) is 0 Å². The SMILES string of the molecule is O=S(=O)(c1cc2c(-n3nccn3)c(C(F)(F)F)cc(F)c2[nH]1)N1CCC[C@@H]1C(F)(F)F. The number of nitrogens with one attached hydrogen (secondary N) is 1. The lowest BCUT2D eigenvalue weighted by Gasteiger charge is -2.25. The summed E-state index contributed by atoms with van der Waals surface area (Å²) in [7, 11) is -4.82. The van der Waals surface area contributed by atoms with E-state index in [2.05, 4.69) is 15.2 Å². The van der Waals surface area contributed by atoms with Gasteiger partial charge in [0.1, 0.15) is 22.6 Å². The molecule has 15 heteroatoms. The summed E-state index contributed by atoms with van der Waals surface area (Å²) in [6.07, 6.45) is -8.30. The number of fused-ring (bicyclic) bond motifs is 1. The number of sulfonamides is 1. The number of hydrogen-bond donors (Lipinski definition) is 1. The van der Waals surface area contributed by atoms with E-state index in [1.54, 1.807) is 0 Å². The van der Waals surface area contributed by atoms with Crippen molar-refractivity contribution < 1.29 is 39.2 Å². The molecule has 1 aliphatic rings. The first-order chi connectivity index (χ1) is 14.3. The van der Waals surface area contributed by atoms with Crippen LogP contribution in [0.2, 0.25) is 0 Å². The molecule has 31 heavy (non-hydrogen) atoms. The van der Waals surface area contributed by atoms with E-state index in [0.29, 0.717) is 10.9 Å². The van der Waals surface area contributed by atoms with E-state index in [1.807, 2.05) is 0 Å². The zero-order valence-corrected chi connectivity index (χ0v) is 16.0. The van der Waals surface area contributed by atoms with Crippen molar-refractivity contribution in [1.29, 1.82) is 0 Å². The summed E-state index contributed by atoms with van der Waals surface area (Å²) in [5.74, 6) is -1.44. The summed E-state index contributed by atoms with van der Waals surface area (Å²) in [6.45, 7) is -0.439. The Kier molecular flexibility index (Phi) is 4.81. The fraction of sp³-hybridized carbons (Fsp3) is 0.375. The minimum Gasteiger partial charge on any atom is -0.342 e. The van der Waals surface area contributed by atoms with Gasteiger partial charge in [-0.15, -0.1) is 0 Å². The number of rotatable bonds is 3. The van der Waals surface area contributed by atoms with Gasteiger partial charge in [0.15, 0.2) is 0 Å². The maximum absolute atomic E-state index is 14.5. The molecule has 1 aromatic carbocycles. The molecule has 0 amide bonds.